The third-order valence-corrected chi connectivity index (χ3v) is 4.38. The van der Waals surface area contributed by atoms with Gasteiger partial charge in [0.05, 0.1) is 16.4 Å². The summed E-state index contributed by atoms with van der Waals surface area (Å²) in [6, 6.07) is 6.62. The fourth-order valence-electron chi connectivity index (χ4n) is 2.74. The maximum atomic E-state index is 4.39. The first-order valence-corrected chi connectivity index (χ1v) is 7.63. The van der Waals surface area contributed by atoms with Gasteiger partial charge in [0, 0.05) is 25.2 Å². The van der Waals surface area contributed by atoms with Crippen LogP contribution in [0.2, 0.25) is 0 Å². The molecule has 100 valence electrons. The Kier molecular flexibility index (Phi) is 3.60. The molecule has 1 N–H and O–H groups in total. The average Bonchev–Trinajstić information content (AvgIpc) is 2.80. The molecule has 0 fully saturated rings. The highest BCUT2D eigenvalue weighted by atomic mass is 79.9. The van der Waals surface area contributed by atoms with Crippen LogP contribution < -0.4 is 5.32 Å². The fraction of sp³-hybridized carbons (Fsp3) is 0.400. The standard InChI is InChI=1S/C15H18BrN3/c1-2-19-14(13(16)10-18-19)9-12-6-3-5-11-7-4-8-17-15(11)12/h3,5-6,10,17H,2,4,7-9H2,1H3. The number of anilines is 1. The minimum absolute atomic E-state index is 0.906. The van der Waals surface area contributed by atoms with Gasteiger partial charge in [0.2, 0.25) is 0 Å². The van der Waals surface area contributed by atoms with Crippen molar-refractivity contribution in [3.63, 3.8) is 0 Å². The van der Waals surface area contributed by atoms with E-state index < -0.39 is 0 Å². The van der Waals surface area contributed by atoms with Crippen LogP contribution in [0.4, 0.5) is 5.69 Å². The summed E-state index contributed by atoms with van der Waals surface area (Å²) in [6.07, 6.45) is 5.23. The Labute approximate surface area is 122 Å². The van der Waals surface area contributed by atoms with Gasteiger partial charge in [0.25, 0.3) is 0 Å². The molecule has 19 heavy (non-hydrogen) atoms. The molecule has 0 amide bonds. The lowest BCUT2D eigenvalue weighted by Crippen LogP contribution is -2.14. The third-order valence-electron chi connectivity index (χ3n) is 3.72. The Morgan fingerprint density at radius 3 is 3.16 bits per heavy atom. The van der Waals surface area contributed by atoms with Gasteiger partial charge in [-0.3, -0.25) is 4.68 Å². The molecule has 0 bridgehead atoms. The van der Waals surface area contributed by atoms with Crippen molar-refractivity contribution in [2.24, 2.45) is 0 Å². The summed E-state index contributed by atoms with van der Waals surface area (Å²) >= 11 is 3.61. The monoisotopic (exact) mass is 319 g/mol. The van der Waals surface area contributed by atoms with Gasteiger partial charge >= 0.3 is 0 Å². The quantitative estimate of drug-likeness (QED) is 0.936. The van der Waals surface area contributed by atoms with Gasteiger partial charge in [-0.25, -0.2) is 0 Å². The van der Waals surface area contributed by atoms with Crippen molar-refractivity contribution in [1.29, 1.82) is 0 Å². The predicted octanol–water partition coefficient (Wildman–Crippen LogP) is 3.61. The Morgan fingerprint density at radius 1 is 1.42 bits per heavy atom. The molecule has 1 aliphatic heterocycles. The predicted molar refractivity (Wildman–Crippen MR) is 81.7 cm³/mol. The van der Waals surface area contributed by atoms with Gasteiger partial charge in [-0.2, -0.15) is 5.10 Å². The number of benzene rings is 1. The number of rotatable bonds is 3. The normalized spacial score (nSPS) is 14.0. The Hall–Kier alpha value is -1.29. The molecule has 0 saturated carbocycles. The van der Waals surface area contributed by atoms with Crippen molar-refractivity contribution >= 4 is 21.6 Å². The van der Waals surface area contributed by atoms with E-state index in [9.17, 15) is 0 Å². The van der Waals surface area contributed by atoms with Crippen LogP contribution in [-0.2, 0) is 19.4 Å². The zero-order chi connectivity index (χ0) is 13.2. The van der Waals surface area contributed by atoms with Gasteiger partial charge in [-0.15, -0.1) is 0 Å². The van der Waals surface area contributed by atoms with E-state index in [2.05, 4.69) is 56.2 Å². The van der Waals surface area contributed by atoms with E-state index in [0.717, 1.165) is 24.0 Å². The summed E-state index contributed by atoms with van der Waals surface area (Å²) in [7, 11) is 0. The lowest BCUT2D eigenvalue weighted by Gasteiger charge is -2.21. The number of aryl methyl sites for hydroxylation is 2. The Balaban J connectivity index is 1.97. The molecule has 0 saturated heterocycles. The number of nitrogens with one attached hydrogen (secondary N) is 1. The van der Waals surface area contributed by atoms with Crippen LogP contribution in [-0.4, -0.2) is 16.3 Å². The van der Waals surface area contributed by atoms with Crippen molar-refractivity contribution < 1.29 is 0 Å². The SMILES string of the molecule is CCn1ncc(Br)c1Cc1cccc2c1NCCC2. The minimum Gasteiger partial charge on any atom is -0.385 e. The van der Waals surface area contributed by atoms with E-state index >= 15 is 0 Å². The molecule has 1 aliphatic rings. The maximum absolute atomic E-state index is 4.39. The van der Waals surface area contributed by atoms with E-state index in [1.807, 2.05) is 6.20 Å². The van der Waals surface area contributed by atoms with E-state index in [0.29, 0.717) is 0 Å². The van der Waals surface area contributed by atoms with Gasteiger partial charge < -0.3 is 5.32 Å². The van der Waals surface area contributed by atoms with Gasteiger partial charge in [0.15, 0.2) is 0 Å². The smallest absolute Gasteiger partial charge is 0.0635 e. The lowest BCUT2D eigenvalue weighted by atomic mass is 9.97. The summed E-state index contributed by atoms with van der Waals surface area (Å²) < 4.78 is 3.16. The van der Waals surface area contributed by atoms with Crippen LogP contribution in [0.5, 0.6) is 0 Å². The summed E-state index contributed by atoms with van der Waals surface area (Å²) in [5, 5.41) is 7.95. The van der Waals surface area contributed by atoms with Crippen LogP contribution in [0, 0.1) is 0 Å². The molecule has 2 aromatic rings. The van der Waals surface area contributed by atoms with Crippen molar-refractivity contribution in [3.05, 3.63) is 45.7 Å². The largest absolute Gasteiger partial charge is 0.385 e. The van der Waals surface area contributed by atoms with E-state index in [-0.39, 0.29) is 0 Å². The van der Waals surface area contributed by atoms with Crippen LogP contribution in [0.25, 0.3) is 0 Å². The fourth-order valence-corrected chi connectivity index (χ4v) is 3.18. The number of aromatic nitrogens is 2. The minimum atomic E-state index is 0.906. The van der Waals surface area contributed by atoms with E-state index in [4.69, 9.17) is 0 Å². The number of hydrogen-bond donors (Lipinski definition) is 1. The lowest BCUT2D eigenvalue weighted by molar-refractivity contribution is 0.629. The Morgan fingerprint density at radius 2 is 2.32 bits per heavy atom. The Bertz CT molecular complexity index is 589. The maximum Gasteiger partial charge on any atom is 0.0635 e. The second-order valence-corrected chi connectivity index (χ2v) is 5.77. The summed E-state index contributed by atoms with van der Waals surface area (Å²) in [6.45, 7) is 4.11. The second kappa shape index (κ2) is 5.37. The average molecular weight is 320 g/mol. The molecule has 3 rings (SSSR count). The zero-order valence-corrected chi connectivity index (χ0v) is 12.7. The van der Waals surface area contributed by atoms with Gasteiger partial charge in [-0.1, -0.05) is 18.2 Å². The van der Waals surface area contributed by atoms with Crippen molar-refractivity contribution in [1.82, 2.24) is 9.78 Å². The molecule has 3 nitrogen and oxygen atoms in total. The number of fused-ring (bicyclic) bond motifs is 1. The molecule has 2 heterocycles. The number of nitrogens with zero attached hydrogens (tertiary/aromatic N) is 2. The highest BCUT2D eigenvalue weighted by Gasteiger charge is 2.15. The molecule has 0 aliphatic carbocycles. The van der Waals surface area contributed by atoms with Gasteiger partial charge in [-0.05, 0) is 46.8 Å². The van der Waals surface area contributed by atoms with Crippen LogP contribution in [0.1, 0.15) is 30.2 Å². The van der Waals surface area contributed by atoms with Crippen LogP contribution in [0.15, 0.2) is 28.9 Å². The second-order valence-electron chi connectivity index (χ2n) is 4.91. The molecule has 0 atom stereocenters. The number of halogens is 1. The molecular formula is C15H18BrN3. The first-order chi connectivity index (χ1) is 9.29. The highest BCUT2D eigenvalue weighted by Crippen LogP contribution is 2.29. The first-order valence-electron chi connectivity index (χ1n) is 6.84. The topological polar surface area (TPSA) is 29.9 Å². The summed E-state index contributed by atoms with van der Waals surface area (Å²) in [5.74, 6) is 0. The third kappa shape index (κ3) is 2.41. The molecule has 0 radical (unpaired) electrons. The first kappa shape index (κ1) is 12.7. The van der Waals surface area contributed by atoms with Crippen molar-refractivity contribution in [3.8, 4) is 0 Å². The molecule has 1 aromatic carbocycles. The summed E-state index contributed by atoms with van der Waals surface area (Å²) in [5.41, 5.74) is 5.41. The van der Waals surface area contributed by atoms with E-state index in [1.165, 1.54) is 35.3 Å². The molecule has 4 heteroatoms. The van der Waals surface area contributed by atoms with Crippen LogP contribution >= 0.6 is 15.9 Å². The molecular weight excluding hydrogens is 302 g/mol. The number of para-hydroxylation sites is 1. The molecule has 1 aromatic heterocycles. The highest BCUT2D eigenvalue weighted by molar-refractivity contribution is 9.10. The number of hydrogen-bond acceptors (Lipinski definition) is 2. The van der Waals surface area contributed by atoms with E-state index in [1.54, 1.807) is 0 Å². The zero-order valence-electron chi connectivity index (χ0n) is 11.1. The van der Waals surface area contributed by atoms with Crippen LogP contribution in [0.3, 0.4) is 0 Å². The molecule has 0 unspecified atom stereocenters. The van der Waals surface area contributed by atoms with Crippen molar-refractivity contribution in [2.45, 2.75) is 32.7 Å². The summed E-state index contributed by atoms with van der Waals surface area (Å²) in [4.78, 5) is 0. The molecule has 0 spiro atoms. The van der Waals surface area contributed by atoms with Crippen molar-refractivity contribution in [2.75, 3.05) is 11.9 Å². The van der Waals surface area contributed by atoms with Gasteiger partial charge in [0.1, 0.15) is 0 Å².